The number of hydrogen-bond acceptors (Lipinski definition) is 5. The monoisotopic (exact) mass is 539 g/mol. The molecule has 37 heavy (non-hydrogen) atoms. The van der Waals surface area contributed by atoms with Crippen LogP contribution in [0.5, 0.6) is 0 Å². The minimum absolute atomic E-state index is 0.0565. The summed E-state index contributed by atoms with van der Waals surface area (Å²) in [5.41, 5.74) is 3.49. The van der Waals surface area contributed by atoms with Crippen LogP contribution in [0.2, 0.25) is 10.3 Å². The van der Waals surface area contributed by atoms with Crippen molar-refractivity contribution >= 4 is 35.1 Å². The molecular formula is C27H27Cl2N5O3. The molecule has 2 aromatic heterocycles. The van der Waals surface area contributed by atoms with E-state index in [0.29, 0.717) is 24.5 Å². The van der Waals surface area contributed by atoms with E-state index in [-0.39, 0.29) is 28.0 Å². The molecule has 0 aliphatic rings. The molecule has 2 aromatic carbocycles. The van der Waals surface area contributed by atoms with Crippen molar-refractivity contribution in [3.05, 3.63) is 105 Å². The summed E-state index contributed by atoms with van der Waals surface area (Å²) in [6, 6.07) is 18.9. The fourth-order valence-electron chi connectivity index (χ4n) is 3.93. The predicted octanol–water partition coefficient (Wildman–Crippen LogP) is 5.08. The van der Waals surface area contributed by atoms with Crippen LogP contribution in [0.1, 0.15) is 50.2 Å². The lowest BCUT2D eigenvalue weighted by atomic mass is 10.2. The van der Waals surface area contributed by atoms with Gasteiger partial charge in [0.05, 0.1) is 36.1 Å². The molecule has 4 aromatic rings. The van der Waals surface area contributed by atoms with Crippen molar-refractivity contribution < 1.29 is 14.3 Å². The van der Waals surface area contributed by atoms with E-state index < -0.39 is 17.9 Å². The summed E-state index contributed by atoms with van der Waals surface area (Å²) in [7, 11) is 0. The Kier molecular flexibility index (Phi) is 8.31. The number of carbonyl (C=O) groups excluding carboxylic acids is 2. The lowest BCUT2D eigenvalue weighted by Gasteiger charge is -2.14. The third-order valence-corrected chi connectivity index (χ3v) is 6.52. The van der Waals surface area contributed by atoms with E-state index in [1.807, 2.05) is 60.7 Å². The van der Waals surface area contributed by atoms with Gasteiger partial charge in [-0.2, -0.15) is 10.2 Å². The number of aryl methyl sites for hydroxylation is 2. The van der Waals surface area contributed by atoms with Gasteiger partial charge in [0.25, 0.3) is 5.91 Å². The van der Waals surface area contributed by atoms with Crippen molar-refractivity contribution in [3.63, 3.8) is 0 Å². The molecule has 0 saturated carbocycles. The zero-order valence-corrected chi connectivity index (χ0v) is 22.3. The van der Waals surface area contributed by atoms with Gasteiger partial charge < -0.3 is 10.1 Å². The van der Waals surface area contributed by atoms with Crippen LogP contribution in [-0.4, -0.2) is 44.1 Å². The smallest absolute Gasteiger partial charge is 0.343 e. The van der Waals surface area contributed by atoms with Crippen LogP contribution >= 0.6 is 23.2 Å². The molecule has 8 nitrogen and oxygen atoms in total. The van der Waals surface area contributed by atoms with Crippen molar-refractivity contribution in [2.45, 2.75) is 39.9 Å². The highest BCUT2D eigenvalue weighted by Crippen LogP contribution is 2.23. The molecule has 1 amide bonds. The summed E-state index contributed by atoms with van der Waals surface area (Å²) in [5.74, 6) is -0.997. The summed E-state index contributed by atoms with van der Waals surface area (Å²) >= 11 is 12.9. The molecule has 0 bridgehead atoms. The topological polar surface area (TPSA) is 91.0 Å². The van der Waals surface area contributed by atoms with Crippen molar-refractivity contribution in [2.24, 2.45) is 0 Å². The molecule has 0 aliphatic heterocycles. The Bertz CT molecular complexity index is 1400. The highest BCUT2D eigenvalue weighted by Gasteiger charge is 2.24. The van der Waals surface area contributed by atoms with Gasteiger partial charge in [-0.25, -0.2) is 14.2 Å². The Labute approximate surface area is 225 Å². The zero-order valence-electron chi connectivity index (χ0n) is 20.7. The Morgan fingerprint density at radius 1 is 0.838 bits per heavy atom. The average molecular weight is 540 g/mol. The van der Waals surface area contributed by atoms with E-state index in [4.69, 9.17) is 27.9 Å². The maximum Gasteiger partial charge on any atom is 0.343 e. The lowest BCUT2D eigenvalue weighted by molar-refractivity contribution is 0.0464. The largest absolute Gasteiger partial charge is 0.460 e. The SMILES string of the molecule is Cc1nn(Cc2ccccc2)c(Cl)c1C(=O)N[C@@H](C)COC(=O)c1c(C)nn(Cc2ccccc2)c1Cl. The highest BCUT2D eigenvalue weighted by atomic mass is 35.5. The van der Waals surface area contributed by atoms with Crippen molar-refractivity contribution in [3.8, 4) is 0 Å². The molecule has 0 aliphatic carbocycles. The molecule has 1 N–H and O–H groups in total. The van der Waals surface area contributed by atoms with Gasteiger partial charge in [0.1, 0.15) is 22.5 Å². The Balaban J connectivity index is 1.36. The molecule has 0 fully saturated rings. The van der Waals surface area contributed by atoms with Crippen molar-refractivity contribution in [1.82, 2.24) is 24.9 Å². The van der Waals surface area contributed by atoms with Crippen LogP contribution < -0.4 is 5.32 Å². The van der Waals surface area contributed by atoms with E-state index in [1.165, 1.54) is 0 Å². The van der Waals surface area contributed by atoms with Crippen LogP contribution in [0.15, 0.2) is 60.7 Å². The number of hydrogen-bond donors (Lipinski definition) is 1. The Hall–Kier alpha value is -3.62. The molecule has 0 radical (unpaired) electrons. The highest BCUT2D eigenvalue weighted by molar-refractivity contribution is 6.33. The molecule has 10 heteroatoms. The van der Waals surface area contributed by atoms with Crippen molar-refractivity contribution in [2.75, 3.05) is 6.61 Å². The summed E-state index contributed by atoms with van der Waals surface area (Å²) in [6.07, 6.45) is 0. The lowest BCUT2D eigenvalue weighted by Crippen LogP contribution is -2.36. The number of esters is 1. The second-order valence-electron chi connectivity index (χ2n) is 8.76. The maximum absolute atomic E-state index is 12.9. The fourth-order valence-corrected chi connectivity index (χ4v) is 4.56. The molecule has 0 saturated heterocycles. The predicted molar refractivity (Wildman–Crippen MR) is 142 cm³/mol. The number of halogens is 2. The molecule has 4 rings (SSSR count). The van der Waals surface area contributed by atoms with Crippen LogP contribution in [0.4, 0.5) is 0 Å². The third-order valence-electron chi connectivity index (χ3n) is 5.75. The van der Waals surface area contributed by atoms with Gasteiger partial charge in [-0.05, 0) is 31.9 Å². The van der Waals surface area contributed by atoms with Gasteiger partial charge in [0.15, 0.2) is 0 Å². The maximum atomic E-state index is 12.9. The van der Waals surface area contributed by atoms with Crippen molar-refractivity contribution in [1.29, 1.82) is 0 Å². The average Bonchev–Trinajstić information content (AvgIpc) is 3.31. The summed E-state index contributed by atoms with van der Waals surface area (Å²) in [4.78, 5) is 25.7. The summed E-state index contributed by atoms with van der Waals surface area (Å²) in [5, 5.41) is 12.1. The summed E-state index contributed by atoms with van der Waals surface area (Å²) in [6.45, 7) is 5.98. The Morgan fingerprint density at radius 3 is 1.81 bits per heavy atom. The van der Waals surface area contributed by atoms with Crippen LogP contribution in [0.3, 0.4) is 0 Å². The molecular weight excluding hydrogens is 513 g/mol. The zero-order chi connectivity index (χ0) is 26.5. The van der Waals surface area contributed by atoms with Gasteiger partial charge in [-0.15, -0.1) is 0 Å². The minimum Gasteiger partial charge on any atom is -0.460 e. The number of aromatic nitrogens is 4. The van der Waals surface area contributed by atoms with E-state index in [9.17, 15) is 9.59 Å². The van der Waals surface area contributed by atoms with E-state index in [0.717, 1.165) is 11.1 Å². The first-order valence-electron chi connectivity index (χ1n) is 11.8. The second kappa shape index (κ2) is 11.6. The molecule has 0 spiro atoms. The molecule has 2 heterocycles. The van der Waals surface area contributed by atoms with Gasteiger partial charge >= 0.3 is 5.97 Å². The first-order valence-corrected chi connectivity index (χ1v) is 12.5. The molecule has 0 unspecified atom stereocenters. The minimum atomic E-state index is -0.604. The van der Waals surface area contributed by atoms with Gasteiger partial charge in [-0.1, -0.05) is 83.9 Å². The standard InChI is InChI=1S/C27H27Cl2N5O3/c1-17(30-26(35)22-18(2)31-33(24(22)28)14-20-10-6-4-7-11-20)16-37-27(36)23-19(3)32-34(25(23)29)15-21-12-8-5-9-13-21/h4-13,17H,14-16H2,1-3H3,(H,30,35)/t17-/m0/s1. The first kappa shape index (κ1) is 26.4. The number of benzene rings is 2. The van der Waals surface area contributed by atoms with E-state index in [2.05, 4.69) is 15.5 Å². The number of rotatable bonds is 9. The number of amides is 1. The van der Waals surface area contributed by atoms with Gasteiger partial charge in [0.2, 0.25) is 0 Å². The third kappa shape index (κ3) is 6.21. The van der Waals surface area contributed by atoms with Crippen LogP contribution in [-0.2, 0) is 17.8 Å². The van der Waals surface area contributed by atoms with Gasteiger partial charge in [-0.3, -0.25) is 4.79 Å². The van der Waals surface area contributed by atoms with E-state index in [1.54, 1.807) is 30.1 Å². The first-order chi connectivity index (χ1) is 17.7. The number of nitrogens with one attached hydrogen (secondary N) is 1. The number of ether oxygens (including phenoxy) is 1. The normalized spacial score (nSPS) is 11.8. The summed E-state index contributed by atoms with van der Waals surface area (Å²) < 4.78 is 8.60. The number of nitrogens with zero attached hydrogens (tertiary/aromatic N) is 4. The quantitative estimate of drug-likeness (QED) is 0.299. The van der Waals surface area contributed by atoms with Gasteiger partial charge in [0, 0.05) is 0 Å². The second-order valence-corrected chi connectivity index (χ2v) is 9.48. The Morgan fingerprint density at radius 2 is 1.30 bits per heavy atom. The van der Waals surface area contributed by atoms with E-state index >= 15 is 0 Å². The number of carbonyl (C=O) groups is 2. The molecule has 1 atom stereocenters. The van der Waals surface area contributed by atoms with Crippen LogP contribution in [0.25, 0.3) is 0 Å². The van der Waals surface area contributed by atoms with Crippen LogP contribution in [0, 0.1) is 13.8 Å². The molecule has 192 valence electrons. The fraction of sp³-hybridized carbons (Fsp3) is 0.259.